The number of benzene rings is 1. The highest BCUT2D eigenvalue weighted by atomic mass is 16.7. The molecule has 2 aliphatic carbocycles. The zero-order valence-corrected chi connectivity index (χ0v) is 46.4. The summed E-state index contributed by atoms with van der Waals surface area (Å²) < 4.78 is 69.0. The second-order valence-electron chi connectivity index (χ2n) is 20.7. The number of amides is 2. The Hall–Kier alpha value is -3.24. The summed E-state index contributed by atoms with van der Waals surface area (Å²) in [5.41, 5.74) is 0.849. The van der Waals surface area contributed by atoms with E-state index in [4.69, 9.17) is 56.8 Å². The third kappa shape index (κ3) is 22.1. The lowest BCUT2D eigenvalue weighted by atomic mass is 9.86. The highest BCUT2D eigenvalue weighted by Crippen LogP contribution is 2.38. The Morgan fingerprint density at radius 3 is 1.48 bits per heavy atom. The van der Waals surface area contributed by atoms with Crippen LogP contribution >= 0.6 is 0 Å². The molecule has 73 heavy (non-hydrogen) atoms. The minimum absolute atomic E-state index is 0.0295. The first-order valence-corrected chi connectivity index (χ1v) is 26.4. The van der Waals surface area contributed by atoms with Crippen LogP contribution in [-0.4, -0.2) is 174 Å². The van der Waals surface area contributed by atoms with Gasteiger partial charge in [0.15, 0.2) is 6.29 Å². The van der Waals surface area contributed by atoms with Gasteiger partial charge >= 0.3 is 12.2 Å². The van der Waals surface area contributed by atoms with E-state index in [1.165, 1.54) is 52.7 Å². The van der Waals surface area contributed by atoms with Gasteiger partial charge in [0.1, 0.15) is 75.0 Å². The van der Waals surface area contributed by atoms with Gasteiger partial charge in [-0.1, -0.05) is 121 Å². The maximum Gasteiger partial charge on any atom is 0.410 e. The molecule has 2 amide bonds. The van der Waals surface area contributed by atoms with Gasteiger partial charge in [0.05, 0.1) is 25.3 Å². The van der Waals surface area contributed by atoms with Crippen LogP contribution in [0.3, 0.4) is 0 Å². The number of rotatable bonds is 30. The van der Waals surface area contributed by atoms with Crippen molar-refractivity contribution < 1.29 is 76.6 Å². The topological polar surface area (TPSA) is 192 Å². The molecule has 18 heteroatoms. The second kappa shape index (κ2) is 34.4. The molecule has 3 unspecified atom stereocenters. The first kappa shape index (κ1) is 64.0. The van der Waals surface area contributed by atoms with E-state index >= 15 is 0 Å². The smallest absolute Gasteiger partial charge is 0.410 e. The Morgan fingerprint density at radius 2 is 1.03 bits per heavy atom. The molecule has 2 N–H and O–H groups in total. The standard InChI is InChI=1S/C31H49NO8.C24H45NO8/c1-7-8-9-10-11-15-18-32(30(33)40-31(2,3)4)25-19-24-20-36-29(23-16-13-12-14-17-23)39-26(24)28(38-22-35-6)27(25)37-21-34-5;1-7-8-9-10-11-12-13-25(23(28)33-24(2,3)4)19-14-18(15-26)20(27)22(32-17-30-6)21(19)31-16-29-5/h12-14,16-17,19,25-29H,7-11,15,18,20-22H2,1-6H3;14,19-22,26-27H,7-13,15-17H2,1-6H3/t25-,26+,27-,28?,29?;19-,20+,21-,22?/m11/s1. The van der Waals surface area contributed by atoms with Crippen LogP contribution in [0.25, 0.3) is 0 Å². The van der Waals surface area contributed by atoms with Crippen LogP contribution in [0.1, 0.15) is 144 Å². The zero-order valence-electron chi connectivity index (χ0n) is 46.4. The number of aliphatic hydroxyl groups excluding tert-OH is 2. The van der Waals surface area contributed by atoms with Gasteiger partial charge in [0.25, 0.3) is 0 Å². The Kier molecular flexibility index (Phi) is 30.2. The Morgan fingerprint density at radius 1 is 0.603 bits per heavy atom. The van der Waals surface area contributed by atoms with Crippen molar-refractivity contribution in [1.29, 1.82) is 0 Å². The van der Waals surface area contributed by atoms with Gasteiger partial charge in [0.2, 0.25) is 0 Å². The summed E-state index contributed by atoms with van der Waals surface area (Å²) in [5.74, 6) is 0. The molecular weight excluding hydrogens is 945 g/mol. The SMILES string of the molecule is CCCCCCCCN(C(=O)OC(C)(C)C)[C@@H]1C=C(CO)[C@H](O)C(OCOC)[C@@H]1OCOC.CCCCCCCCN(C(=O)OC(C)(C)C)[C@@H]1C=C2COC(c3ccccc3)O[C@@H]2C(OCOC)[C@@H]1OCOC. The number of hydrogen-bond acceptors (Lipinski definition) is 16. The van der Waals surface area contributed by atoms with E-state index in [0.29, 0.717) is 25.3 Å². The summed E-state index contributed by atoms with van der Waals surface area (Å²) in [6, 6.07) is 8.70. The average Bonchev–Trinajstić information content (AvgIpc) is 3.35. The van der Waals surface area contributed by atoms with E-state index in [1.54, 1.807) is 30.1 Å². The molecule has 0 radical (unpaired) electrons. The van der Waals surface area contributed by atoms with Crippen molar-refractivity contribution in [3.05, 3.63) is 59.2 Å². The van der Waals surface area contributed by atoms with Crippen molar-refractivity contribution >= 4 is 12.2 Å². The summed E-state index contributed by atoms with van der Waals surface area (Å²) in [6.07, 6.45) is 11.0. The minimum atomic E-state index is -1.11. The summed E-state index contributed by atoms with van der Waals surface area (Å²) in [5, 5.41) is 20.7. The maximum absolute atomic E-state index is 13.6. The second-order valence-corrected chi connectivity index (χ2v) is 20.7. The normalized spacial score (nSPS) is 24.1. The van der Waals surface area contributed by atoms with Gasteiger partial charge in [-0.25, -0.2) is 9.59 Å². The molecule has 1 aliphatic heterocycles. The Bertz CT molecular complexity index is 1720. The molecule has 0 bridgehead atoms. The van der Waals surface area contributed by atoms with Gasteiger partial charge < -0.3 is 67.1 Å². The molecule has 4 rings (SSSR count). The minimum Gasteiger partial charge on any atom is -0.444 e. The first-order chi connectivity index (χ1) is 35.0. The van der Waals surface area contributed by atoms with Crippen LogP contribution in [-0.2, 0) is 56.8 Å². The van der Waals surface area contributed by atoms with Gasteiger partial charge in [-0.15, -0.1) is 0 Å². The molecule has 0 spiro atoms. The van der Waals surface area contributed by atoms with Gasteiger partial charge in [0, 0.05) is 47.1 Å². The molecule has 1 saturated heterocycles. The zero-order chi connectivity index (χ0) is 53.8. The molecule has 0 aromatic heterocycles. The number of ether oxygens (including phenoxy) is 12. The van der Waals surface area contributed by atoms with Crippen LogP contribution in [0.2, 0.25) is 0 Å². The largest absolute Gasteiger partial charge is 0.444 e. The van der Waals surface area contributed by atoms with E-state index in [9.17, 15) is 19.8 Å². The third-order valence-corrected chi connectivity index (χ3v) is 12.4. The molecule has 0 saturated carbocycles. The third-order valence-electron chi connectivity index (χ3n) is 12.4. The van der Waals surface area contributed by atoms with E-state index in [1.807, 2.05) is 78.0 Å². The highest BCUT2D eigenvalue weighted by molar-refractivity contribution is 5.70. The van der Waals surface area contributed by atoms with Gasteiger partial charge in [-0.3, -0.25) is 9.80 Å². The molecule has 3 aliphatic rings. The fourth-order valence-corrected chi connectivity index (χ4v) is 8.92. The number of carbonyl (C=O) groups is 2. The monoisotopic (exact) mass is 1040 g/mol. The number of fused-ring (bicyclic) bond motifs is 1. The Labute approximate surface area is 437 Å². The van der Waals surface area contributed by atoms with Crippen molar-refractivity contribution in [1.82, 2.24) is 9.80 Å². The lowest BCUT2D eigenvalue weighted by Crippen LogP contribution is -2.60. The van der Waals surface area contributed by atoms with Crippen LogP contribution < -0.4 is 0 Å². The van der Waals surface area contributed by atoms with E-state index in [2.05, 4.69) is 13.8 Å². The van der Waals surface area contributed by atoms with Crippen molar-refractivity contribution in [3.63, 3.8) is 0 Å². The number of carbonyl (C=O) groups excluding carboxylic acids is 2. The van der Waals surface area contributed by atoms with Crippen molar-refractivity contribution in [2.75, 3.05) is 81.9 Å². The van der Waals surface area contributed by atoms with E-state index in [0.717, 1.165) is 49.7 Å². The summed E-state index contributed by atoms with van der Waals surface area (Å²) >= 11 is 0. The molecule has 1 aromatic rings. The van der Waals surface area contributed by atoms with Crippen LogP contribution in [0.15, 0.2) is 53.6 Å². The Balaban J connectivity index is 0.000000393. The molecule has 1 heterocycles. The van der Waals surface area contributed by atoms with Crippen molar-refractivity contribution in [3.8, 4) is 0 Å². The fourth-order valence-electron chi connectivity index (χ4n) is 8.92. The van der Waals surface area contributed by atoms with Gasteiger partial charge in [-0.05, 0) is 65.5 Å². The molecule has 18 nitrogen and oxygen atoms in total. The quantitative estimate of drug-likeness (QED) is 0.0421. The number of aliphatic hydroxyl groups is 2. The highest BCUT2D eigenvalue weighted by Gasteiger charge is 2.49. The molecule has 9 atom stereocenters. The molecular formula is C55H94N2O16. The lowest BCUT2D eigenvalue weighted by molar-refractivity contribution is -0.258. The summed E-state index contributed by atoms with van der Waals surface area (Å²) in [4.78, 5) is 30.2. The van der Waals surface area contributed by atoms with E-state index < -0.39 is 78.4 Å². The maximum atomic E-state index is 13.6. The van der Waals surface area contributed by atoms with Crippen molar-refractivity contribution in [2.24, 2.45) is 0 Å². The van der Waals surface area contributed by atoms with Crippen LogP contribution in [0.4, 0.5) is 9.59 Å². The van der Waals surface area contributed by atoms with Crippen molar-refractivity contribution in [2.45, 2.75) is 199 Å². The van der Waals surface area contributed by atoms with Crippen LogP contribution in [0, 0.1) is 0 Å². The van der Waals surface area contributed by atoms with E-state index in [-0.39, 0.29) is 33.8 Å². The predicted molar refractivity (Wildman–Crippen MR) is 276 cm³/mol. The summed E-state index contributed by atoms with van der Waals surface area (Å²) in [7, 11) is 6.12. The fraction of sp³-hybridized carbons (Fsp3) is 0.782. The molecule has 1 aromatic carbocycles. The number of unbranched alkanes of at least 4 members (excludes halogenated alkanes) is 10. The predicted octanol–water partition coefficient (Wildman–Crippen LogP) is 9.21. The number of hydrogen-bond donors (Lipinski definition) is 2. The average molecular weight is 1040 g/mol. The first-order valence-electron chi connectivity index (χ1n) is 26.4. The van der Waals surface area contributed by atoms with Gasteiger partial charge in [-0.2, -0.15) is 0 Å². The lowest BCUT2D eigenvalue weighted by Gasteiger charge is -2.47. The number of nitrogens with zero attached hydrogens (tertiary/aromatic N) is 2. The summed E-state index contributed by atoms with van der Waals surface area (Å²) in [6.45, 7) is 16.3. The van der Waals surface area contributed by atoms with Crippen LogP contribution in [0.5, 0.6) is 0 Å². The number of methoxy groups -OCH3 is 4. The molecule has 1 fully saturated rings. The molecule has 420 valence electrons.